The maximum atomic E-state index is 12.8. The molecule has 0 bridgehead atoms. The summed E-state index contributed by atoms with van der Waals surface area (Å²) < 4.78 is 17.3. The fraction of sp³-hybridized carbons (Fsp3) is 0.627. The maximum absolute atomic E-state index is 12.8. The van der Waals surface area contributed by atoms with Crippen molar-refractivity contribution in [1.29, 1.82) is 0 Å². The highest BCUT2D eigenvalue weighted by Gasteiger charge is 2.17. The first-order valence-corrected chi connectivity index (χ1v) is 26.1. The molecule has 0 saturated carbocycles. The predicted molar refractivity (Wildman–Crippen MR) is 279 cm³/mol. The van der Waals surface area contributed by atoms with Crippen molar-refractivity contribution in [2.24, 2.45) is 0 Å². The molecule has 0 fully saturated rings. The van der Waals surface area contributed by atoms with Crippen LogP contribution in [0.5, 0.6) is 0 Å². The van der Waals surface area contributed by atoms with E-state index in [0.717, 1.165) is 96.3 Å². The van der Waals surface area contributed by atoms with Crippen LogP contribution in [-0.2, 0) is 23.8 Å². The van der Waals surface area contributed by atoms with Gasteiger partial charge in [-0.15, -0.1) is 0 Å². The fourth-order valence-corrected chi connectivity index (χ4v) is 6.66. The number of hydrogen-bond donors (Lipinski definition) is 0. The molecule has 1 atom stereocenters. The van der Waals surface area contributed by atoms with Crippen LogP contribution in [0.1, 0.15) is 213 Å². The number of hydrogen-bond acceptors (Lipinski definition) is 5. The number of carbonyl (C=O) groups is 2. The van der Waals surface area contributed by atoms with E-state index in [1.54, 1.807) is 0 Å². The first-order valence-electron chi connectivity index (χ1n) is 26.1. The Morgan fingerprint density at radius 2 is 0.734 bits per heavy atom. The first kappa shape index (κ1) is 60.3. The van der Waals surface area contributed by atoms with E-state index in [0.29, 0.717) is 25.9 Å². The third kappa shape index (κ3) is 50.9. The summed E-state index contributed by atoms with van der Waals surface area (Å²) >= 11 is 0. The average Bonchev–Trinajstić information content (AvgIpc) is 3.30. The van der Waals surface area contributed by atoms with E-state index in [1.165, 1.54) is 77.0 Å². The maximum Gasteiger partial charge on any atom is 0.306 e. The molecule has 0 rings (SSSR count). The second-order valence-electron chi connectivity index (χ2n) is 16.7. The third-order valence-corrected chi connectivity index (χ3v) is 10.5. The molecule has 0 radical (unpaired) electrons. The molecule has 0 saturated heterocycles. The van der Waals surface area contributed by atoms with Gasteiger partial charge in [0.05, 0.1) is 6.61 Å². The normalized spacial score (nSPS) is 13.2. The van der Waals surface area contributed by atoms with E-state index >= 15 is 0 Å². The molecule has 0 aromatic heterocycles. The van der Waals surface area contributed by atoms with Gasteiger partial charge in [0.1, 0.15) is 6.61 Å². The highest BCUT2D eigenvalue weighted by atomic mass is 16.6. The second-order valence-corrected chi connectivity index (χ2v) is 16.7. The van der Waals surface area contributed by atoms with E-state index < -0.39 is 6.10 Å². The van der Waals surface area contributed by atoms with E-state index in [4.69, 9.17) is 14.2 Å². The molecule has 0 amide bonds. The molecule has 5 heteroatoms. The molecule has 0 aliphatic carbocycles. The summed E-state index contributed by atoms with van der Waals surface area (Å²) in [6.07, 6.45) is 75.0. The standard InChI is InChI=1S/C59H96O5/c1-4-7-10-13-16-19-22-25-28-29-30-31-33-34-37-40-43-46-49-52-58(60)63-56-57(55-62-54-51-48-45-42-39-36-27-24-21-18-15-12-9-6-3)64-59(61)53-50-47-44-41-38-35-32-26-23-20-17-14-11-8-5-2/h7-8,10-11,16-17,19-21,24-26,28,30-32,34,37,43,46,57H,4-6,9,12-15,18,22-23,27,29,33,35-36,38-42,44-45,47-56H2,1-3H3/b10-7-,11-8-,19-16-,20-17-,24-21-,28-25-,31-30-,32-26-,37-34-,46-43-. The molecule has 0 heterocycles. The zero-order chi connectivity index (χ0) is 46.3. The van der Waals surface area contributed by atoms with Gasteiger partial charge < -0.3 is 14.2 Å². The Balaban J connectivity index is 4.45. The molecule has 5 nitrogen and oxygen atoms in total. The van der Waals surface area contributed by atoms with Crippen LogP contribution in [0.25, 0.3) is 0 Å². The Bertz CT molecular complexity index is 1320. The summed E-state index contributed by atoms with van der Waals surface area (Å²) in [5.41, 5.74) is 0. The number of allylic oxidation sites excluding steroid dienone is 20. The van der Waals surface area contributed by atoms with Crippen LogP contribution in [-0.4, -0.2) is 37.9 Å². The molecular formula is C59H96O5. The lowest BCUT2D eigenvalue weighted by Crippen LogP contribution is -2.30. The molecule has 0 spiro atoms. The van der Waals surface area contributed by atoms with Crippen molar-refractivity contribution in [3.63, 3.8) is 0 Å². The van der Waals surface area contributed by atoms with E-state index in [2.05, 4.69) is 136 Å². The minimum absolute atomic E-state index is 0.0285. The highest BCUT2D eigenvalue weighted by molar-refractivity contribution is 5.70. The minimum Gasteiger partial charge on any atom is -0.462 e. The van der Waals surface area contributed by atoms with Crippen molar-refractivity contribution in [1.82, 2.24) is 0 Å². The van der Waals surface area contributed by atoms with Gasteiger partial charge in [0.15, 0.2) is 6.10 Å². The summed E-state index contributed by atoms with van der Waals surface area (Å²) in [6, 6.07) is 0. The van der Waals surface area contributed by atoms with Gasteiger partial charge in [-0.05, 0) is 116 Å². The zero-order valence-corrected chi connectivity index (χ0v) is 41.5. The van der Waals surface area contributed by atoms with Crippen molar-refractivity contribution in [2.75, 3.05) is 19.8 Å². The van der Waals surface area contributed by atoms with Crippen LogP contribution in [0.15, 0.2) is 122 Å². The Morgan fingerprint density at radius 1 is 0.359 bits per heavy atom. The van der Waals surface area contributed by atoms with Crippen molar-refractivity contribution in [3.8, 4) is 0 Å². The summed E-state index contributed by atoms with van der Waals surface area (Å²) in [5, 5.41) is 0. The number of carbonyl (C=O) groups excluding carboxylic acids is 2. The summed E-state index contributed by atoms with van der Waals surface area (Å²) in [7, 11) is 0. The molecule has 0 aromatic carbocycles. The van der Waals surface area contributed by atoms with Crippen LogP contribution < -0.4 is 0 Å². The highest BCUT2D eigenvalue weighted by Crippen LogP contribution is 2.12. The van der Waals surface area contributed by atoms with Crippen molar-refractivity contribution in [2.45, 2.75) is 219 Å². The number of ether oxygens (including phenoxy) is 3. The first-order chi connectivity index (χ1) is 31.6. The Kier molecular flexibility index (Phi) is 50.5. The summed E-state index contributed by atoms with van der Waals surface area (Å²) in [5.74, 6) is -0.524. The summed E-state index contributed by atoms with van der Waals surface area (Å²) in [6.45, 7) is 7.46. The fourth-order valence-electron chi connectivity index (χ4n) is 6.66. The lowest BCUT2D eigenvalue weighted by Gasteiger charge is -2.18. The minimum atomic E-state index is -0.587. The van der Waals surface area contributed by atoms with Crippen LogP contribution >= 0.6 is 0 Å². The Morgan fingerprint density at radius 3 is 1.20 bits per heavy atom. The van der Waals surface area contributed by atoms with Gasteiger partial charge in [-0.25, -0.2) is 0 Å². The largest absolute Gasteiger partial charge is 0.462 e. The quantitative estimate of drug-likeness (QED) is 0.0346. The number of unbranched alkanes of at least 4 members (excludes halogenated alkanes) is 15. The van der Waals surface area contributed by atoms with E-state index in [1.807, 2.05) is 6.08 Å². The molecule has 0 aromatic rings. The Labute approximate surface area is 395 Å². The molecule has 1 unspecified atom stereocenters. The second kappa shape index (κ2) is 53.6. The molecule has 0 N–H and O–H groups in total. The van der Waals surface area contributed by atoms with Gasteiger partial charge >= 0.3 is 11.9 Å². The van der Waals surface area contributed by atoms with E-state index in [-0.39, 0.29) is 25.2 Å². The SMILES string of the molecule is CC/C=C\C/C=C\C/C=C\C/C=C\C/C=C\C/C=C\CCC(=O)OCC(COCCCCCCCC/C=C\CCCCCC)OC(=O)CCCCCCC/C=C\C/C=C\C/C=C\CC. The van der Waals surface area contributed by atoms with E-state index in [9.17, 15) is 9.59 Å². The molecule has 0 aliphatic rings. The lowest BCUT2D eigenvalue weighted by atomic mass is 10.1. The van der Waals surface area contributed by atoms with Gasteiger partial charge in [0.2, 0.25) is 0 Å². The van der Waals surface area contributed by atoms with Crippen molar-refractivity contribution >= 4 is 11.9 Å². The predicted octanol–water partition coefficient (Wildman–Crippen LogP) is 17.8. The molecule has 362 valence electrons. The monoisotopic (exact) mass is 885 g/mol. The topological polar surface area (TPSA) is 61.8 Å². The van der Waals surface area contributed by atoms with Crippen LogP contribution in [0.4, 0.5) is 0 Å². The van der Waals surface area contributed by atoms with Gasteiger partial charge in [-0.3, -0.25) is 9.59 Å². The molecular weight excluding hydrogens is 789 g/mol. The van der Waals surface area contributed by atoms with Gasteiger partial charge in [-0.2, -0.15) is 0 Å². The van der Waals surface area contributed by atoms with Crippen LogP contribution in [0, 0.1) is 0 Å². The number of esters is 2. The van der Waals surface area contributed by atoms with Gasteiger partial charge in [-0.1, -0.05) is 206 Å². The lowest BCUT2D eigenvalue weighted by molar-refractivity contribution is -0.162. The van der Waals surface area contributed by atoms with Crippen molar-refractivity contribution in [3.05, 3.63) is 122 Å². The van der Waals surface area contributed by atoms with Crippen molar-refractivity contribution < 1.29 is 23.8 Å². The summed E-state index contributed by atoms with van der Waals surface area (Å²) in [4.78, 5) is 25.4. The number of rotatable bonds is 46. The molecule has 64 heavy (non-hydrogen) atoms. The van der Waals surface area contributed by atoms with Gasteiger partial charge in [0.25, 0.3) is 0 Å². The smallest absolute Gasteiger partial charge is 0.306 e. The average molecular weight is 885 g/mol. The molecule has 0 aliphatic heterocycles. The van der Waals surface area contributed by atoms with Crippen LogP contribution in [0.3, 0.4) is 0 Å². The zero-order valence-electron chi connectivity index (χ0n) is 41.5. The van der Waals surface area contributed by atoms with Gasteiger partial charge in [0, 0.05) is 19.4 Å². The van der Waals surface area contributed by atoms with Crippen LogP contribution in [0.2, 0.25) is 0 Å². The Hall–Kier alpha value is -3.70. The third-order valence-electron chi connectivity index (χ3n) is 10.5.